The van der Waals surface area contributed by atoms with Crippen LogP contribution in [-0.4, -0.2) is 35.9 Å². The number of ether oxygens (including phenoxy) is 2. The molecule has 2 aromatic carbocycles. The Hall–Kier alpha value is -2.82. The number of nitrogens with zero attached hydrogens (tertiary/aromatic N) is 1. The summed E-state index contributed by atoms with van der Waals surface area (Å²) in [4.78, 5) is 2.28. The van der Waals surface area contributed by atoms with Crippen LogP contribution in [0.3, 0.4) is 0 Å². The maximum Gasteiger partial charge on any atom is 0.160 e. The van der Waals surface area contributed by atoms with E-state index >= 15 is 0 Å². The minimum Gasteiger partial charge on any atom is -0.504 e. The van der Waals surface area contributed by atoms with Crippen molar-refractivity contribution in [2.24, 2.45) is 0 Å². The van der Waals surface area contributed by atoms with E-state index in [4.69, 9.17) is 9.47 Å². The van der Waals surface area contributed by atoms with Gasteiger partial charge in [-0.05, 0) is 53.5 Å². The fourth-order valence-electron chi connectivity index (χ4n) is 3.51. The summed E-state index contributed by atoms with van der Waals surface area (Å²) in [5.41, 5.74) is 5.33. The van der Waals surface area contributed by atoms with Gasteiger partial charge in [0.15, 0.2) is 23.0 Å². The number of aromatic hydroxyl groups is 2. The van der Waals surface area contributed by atoms with Crippen molar-refractivity contribution in [2.75, 3.05) is 20.8 Å². The van der Waals surface area contributed by atoms with Gasteiger partial charge in [-0.25, -0.2) is 0 Å². The van der Waals surface area contributed by atoms with Gasteiger partial charge < -0.3 is 24.6 Å². The molecule has 124 valence electrons. The molecule has 5 heteroatoms. The van der Waals surface area contributed by atoms with Gasteiger partial charge in [0.25, 0.3) is 0 Å². The first-order valence-electron chi connectivity index (χ1n) is 7.87. The third-order valence-corrected chi connectivity index (χ3v) is 4.77. The van der Waals surface area contributed by atoms with E-state index in [1.165, 1.54) is 0 Å². The molecule has 0 bridgehead atoms. The molecule has 2 aliphatic heterocycles. The lowest BCUT2D eigenvalue weighted by Crippen LogP contribution is -2.31. The van der Waals surface area contributed by atoms with Crippen molar-refractivity contribution in [3.8, 4) is 23.0 Å². The van der Waals surface area contributed by atoms with Crippen molar-refractivity contribution in [3.63, 3.8) is 0 Å². The maximum absolute atomic E-state index is 10.1. The van der Waals surface area contributed by atoms with Crippen LogP contribution in [0.15, 0.2) is 24.3 Å². The van der Waals surface area contributed by atoms with Crippen molar-refractivity contribution >= 4 is 11.8 Å². The number of hydrogen-bond acceptors (Lipinski definition) is 5. The topological polar surface area (TPSA) is 62.2 Å². The van der Waals surface area contributed by atoms with E-state index in [2.05, 4.69) is 11.0 Å². The molecule has 0 aromatic heterocycles. The van der Waals surface area contributed by atoms with Gasteiger partial charge in [0, 0.05) is 24.4 Å². The van der Waals surface area contributed by atoms with Crippen LogP contribution in [0.5, 0.6) is 23.0 Å². The Morgan fingerprint density at radius 2 is 1.58 bits per heavy atom. The van der Waals surface area contributed by atoms with Gasteiger partial charge in [-0.15, -0.1) is 0 Å². The summed E-state index contributed by atoms with van der Waals surface area (Å²) < 4.78 is 10.4. The number of hydrogen-bond donors (Lipinski definition) is 2. The Kier molecular flexibility index (Phi) is 3.30. The molecule has 0 unspecified atom stereocenters. The number of benzene rings is 2. The number of phenolic OH excluding ortho intramolecular Hbond substituents is 2. The molecular formula is C19H19NO4. The standard InChI is InChI=1S/C19H19NO4/c1-23-18-7-11-3-4-20-10-13-8-19(24-2)16(21)6-12(13)5-15(20)14(11)9-17(18)22/h5-9,21-22H,3-4,10H2,1-2H3. The molecule has 24 heavy (non-hydrogen) atoms. The van der Waals surface area contributed by atoms with E-state index in [1.54, 1.807) is 26.4 Å². The Labute approximate surface area is 140 Å². The molecule has 5 nitrogen and oxygen atoms in total. The van der Waals surface area contributed by atoms with Crippen LogP contribution in [0.4, 0.5) is 0 Å². The highest BCUT2D eigenvalue weighted by molar-refractivity contribution is 5.86. The predicted molar refractivity (Wildman–Crippen MR) is 91.3 cm³/mol. The zero-order valence-corrected chi connectivity index (χ0v) is 13.7. The fraction of sp³-hybridized carbons (Fsp3) is 0.263. The molecule has 0 saturated heterocycles. The Balaban J connectivity index is 1.85. The largest absolute Gasteiger partial charge is 0.504 e. The minimum atomic E-state index is 0.134. The highest BCUT2D eigenvalue weighted by Crippen LogP contribution is 2.42. The number of phenols is 2. The average Bonchev–Trinajstić information content (AvgIpc) is 2.59. The van der Waals surface area contributed by atoms with Crippen molar-refractivity contribution in [1.82, 2.24) is 4.90 Å². The highest BCUT2D eigenvalue weighted by atomic mass is 16.5. The van der Waals surface area contributed by atoms with Crippen LogP contribution in [0.2, 0.25) is 0 Å². The van der Waals surface area contributed by atoms with Crippen molar-refractivity contribution in [2.45, 2.75) is 13.0 Å². The van der Waals surface area contributed by atoms with Gasteiger partial charge in [0.2, 0.25) is 0 Å². The second kappa shape index (κ2) is 5.37. The monoisotopic (exact) mass is 325 g/mol. The summed E-state index contributed by atoms with van der Waals surface area (Å²) in [6.45, 7) is 1.65. The first-order chi connectivity index (χ1) is 11.6. The Morgan fingerprint density at radius 3 is 2.29 bits per heavy atom. The highest BCUT2D eigenvalue weighted by Gasteiger charge is 2.27. The molecule has 0 spiro atoms. The summed E-state index contributed by atoms with van der Waals surface area (Å²) in [6.07, 6.45) is 2.95. The second-order valence-corrected chi connectivity index (χ2v) is 6.11. The van der Waals surface area contributed by atoms with E-state index < -0.39 is 0 Å². The minimum absolute atomic E-state index is 0.134. The van der Waals surface area contributed by atoms with E-state index in [0.29, 0.717) is 11.5 Å². The van der Waals surface area contributed by atoms with Crippen LogP contribution in [0, 0.1) is 0 Å². The summed E-state index contributed by atoms with van der Waals surface area (Å²) in [7, 11) is 3.11. The van der Waals surface area contributed by atoms with Gasteiger partial charge in [-0.2, -0.15) is 0 Å². The average molecular weight is 325 g/mol. The lowest BCUT2D eigenvalue weighted by molar-refractivity contribution is 0.359. The molecule has 2 heterocycles. The fourth-order valence-corrected chi connectivity index (χ4v) is 3.51. The number of methoxy groups -OCH3 is 2. The molecule has 0 radical (unpaired) electrons. The normalized spacial score (nSPS) is 15.1. The van der Waals surface area contributed by atoms with Gasteiger partial charge in [0.05, 0.1) is 14.2 Å². The van der Waals surface area contributed by atoms with Crippen molar-refractivity contribution in [1.29, 1.82) is 0 Å². The molecule has 4 rings (SSSR count). The molecule has 0 fully saturated rings. The van der Waals surface area contributed by atoms with Crippen LogP contribution in [0.25, 0.3) is 11.8 Å². The molecule has 0 saturated carbocycles. The molecule has 0 amide bonds. The quantitative estimate of drug-likeness (QED) is 0.889. The summed E-state index contributed by atoms with van der Waals surface area (Å²) in [5.74, 6) is 1.27. The van der Waals surface area contributed by atoms with Gasteiger partial charge in [-0.3, -0.25) is 0 Å². The molecule has 2 aromatic rings. The van der Waals surface area contributed by atoms with Gasteiger partial charge in [0.1, 0.15) is 0 Å². The smallest absolute Gasteiger partial charge is 0.160 e. The third-order valence-electron chi connectivity index (χ3n) is 4.77. The lowest BCUT2D eigenvalue weighted by Gasteiger charge is -2.37. The second-order valence-electron chi connectivity index (χ2n) is 6.11. The van der Waals surface area contributed by atoms with Crippen molar-refractivity contribution < 1.29 is 19.7 Å². The lowest BCUT2D eigenvalue weighted by atomic mass is 9.90. The molecule has 2 aliphatic rings. The van der Waals surface area contributed by atoms with Crippen molar-refractivity contribution in [3.05, 3.63) is 46.5 Å². The summed E-state index contributed by atoms with van der Waals surface area (Å²) >= 11 is 0. The van der Waals surface area contributed by atoms with E-state index in [0.717, 1.165) is 47.5 Å². The van der Waals surface area contributed by atoms with E-state index in [1.807, 2.05) is 12.1 Å². The zero-order chi connectivity index (χ0) is 16.8. The Morgan fingerprint density at radius 1 is 0.917 bits per heavy atom. The summed E-state index contributed by atoms with van der Waals surface area (Å²) in [5, 5.41) is 20.2. The van der Waals surface area contributed by atoms with E-state index in [-0.39, 0.29) is 11.5 Å². The van der Waals surface area contributed by atoms with Crippen LogP contribution in [-0.2, 0) is 13.0 Å². The SMILES string of the molecule is COc1cc2c(cc1O)C=C1c3cc(O)c(OC)cc3CCN1C2. The maximum atomic E-state index is 10.1. The van der Waals surface area contributed by atoms with Crippen LogP contribution >= 0.6 is 0 Å². The molecule has 0 atom stereocenters. The van der Waals surface area contributed by atoms with Crippen LogP contribution < -0.4 is 9.47 Å². The molecular weight excluding hydrogens is 306 g/mol. The third kappa shape index (κ3) is 2.16. The first kappa shape index (κ1) is 14.8. The van der Waals surface area contributed by atoms with Crippen LogP contribution in [0.1, 0.15) is 22.3 Å². The summed E-state index contributed by atoms with van der Waals surface area (Å²) in [6, 6.07) is 7.29. The number of rotatable bonds is 2. The first-order valence-corrected chi connectivity index (χ1v) is 7.87. The molecule has 0 aliphatic carbocycles. The zero-order valence-electron chi connectivity index (χ0n) is 13.7. The van der Waals surface area contributed by atoms with Gasteiger partial charge in [-0.1, -0.05) is 0 Å². The molecule has 2 N–H and O–H groups in total. The Bertz CT molecular complexity index is 857. The number of fused-ring (bicyclic) bond motifs is 4. The van der Waals surface area contributed by atoms with Gasteiger partial charge >= 0.3 is 0 Å². The van der Waals surface area contributed by atoms with E-state index in [9.17, 15) is 10.2 Å². The predicted octanol–water partition coefficient (Wildman–Crippen LogP) is 2.98.